The maximum absolute atomic E-state index is 12.1. The Hall–Kier alpha value is -1.40. The van der Waals surface area contributed by atoms with Crippen LogP contribution in [0.4, 0.5) is 5.82 Å². The van der Waals surface area contributed by atoms with Crippen LogP contribution in [0.25, 0.3) is 0 Å². The van der Waals surface area contributed by atoms with E-state index in [0.717, 1.165) is 38.3 Å². The molecule has 21 heavy (non-hydrogen) atoms. The fourth-order valence-electron chi connectivity index (χ4n) is 2.66. The van der Waals surface area contributed by atoms with Crippen LogP contribution in [0.5, 0.6) is 0 Å². The lowest BCUT2D eigenvalue weighted by molar-refractivity contribution is -0.119. The highest BCUT2D eigenvalue weighted by Gasteiger charge is 2.24. The van der Waals surface area contributed by atoms with Crippen molar-refractivity contribution >= 4 is 11.7 Å². The second-order valence-electron chi connectivity index (χ2n) is 5.96. The van der Waals surface area contributed by atoms with Crippen LogP contribution < -0.4 is 11.1 Å². The number of nitrogens with one attached hydrogen (secondary N) is 1. The first-order valence-corrected chi connectivity index (χ1v) is 7.85. The summed E-state index contributed by atoms with van der Waals surface area (Å²) in [5, 5.41) is 7.36. The van der Waals surface area contributed by atoms with Crippen LogP contribution in [-0.4, -0.2) is 46.3 Å². The minimum Gasteiger partial charge on any atom is -0.327 e. The summed E-state index contributed by atoms with van der Waals surface area (Å²) in [6, 6.07) is 2.07. The summed E-state index contributed by atoms with van der Waals surface area (Å²) in [5.74, 6) is 0.524. The molecule has 3 N–H and O–H groups in total. The standard InChI is InChI=1S/C15H27N5O/c1-4-19-9-6-13(7-10-19)20-14(5-8-17-20)18-15(21)11(2)12(3)16/h5,8,11-13H,4,6-7,9-10,16H2,1-3H3,(H,18,21). The number of likely N-dealkylation sites (tertiary alicyclic amines) is 1. The van der Waals surface area contributed by atoms with Crippen molar-refractivity contribution in [1.29, 1.82) is 0 Å². The largest absolute Gasteiger partial charge is 0.327 e. The average molecular weight is 293 g/mol. The van der Waals surface area contributed by atoms with Gasteiger partial charge in [0, 0.05) is 25.2 Å². The van der Waals surface area contributed by atoms with Crippen molar-refractivity contribution in [3.8, 4) is 0 Å². The maximum Gasteiger partial charge on any atom is 0.229 e. The van der Waals surface area contributed by atoms with Gasteiger partial charge in [-0.15, -0.1) is 0 Å². The van der Waals surface area contributed by atoms with Crippen molar-refractivity contribution in [3.63, 3.8) is 0 Å². The quantitative estimate of drug-likeness (QED) is 0.862. The van der Waals surface area contributed by atoms with Crippen molar-refractivity contribution < 1.29 is 4.79 Å². The summed E-state index contributed by atoms with van der Waals surface area (Å²) in [7, 11) is 0. The Kier molecular flexibility index (Phi) is 5.36. The van der Waals surface area contributed by atoms with Crippen LogP contribution in [0.3, 0.4) is 0 Å². The number of nitrogens with zero attached hydrogens (tertiary/aromatic N) is 3. The molecule has 0 saturated carbocycles. The van der Waals surface area contributed by atoms with E-state index in [2.05, 4.69) is 22.2 Å². The molecule has 6 heteroatoms. The molecular formula is C15H27N5O. The Labute approximate surface area is 126 Å². The van der Waals surface area contributed by atoms with E-state index < -0.39 is 0 Å². The van der Waals surface area contributed by atoms with Gasteiger partial charge in [-0.3, -0.25) is 4.79 Å². The number of amides is 1. The first kappa shape index (κ1) is 16.0. The zero-order chi connectivity index (χ0) is 15.4. The minimum absolute atomic E-state index is 0.0438. The smallest absolute Gasteiger partial charge is 0.229 e. The molecule has 2 rings (SSSR count). The Morgan fingerprint density at radius 3 is 2.71 bits per heavy atom. The van der Waals surface area contributed by atoms with E-state index in [-0.39, 0.29) is 17.9 Å². The number of carbonyl (C=O) groups is 1. The van der Waals surface area contributed by atoms with E-state index in [1.165, 1.54) is 0 Å². The molecule has 1 aromatic rings. The summed E-state index contributed by atoms with van der Waals surface area (Å²) in [6.07, 6.45) is 3.89. The number of piperidine rings is 1. The molecule has 0 radical (unpaired) electrons. The molecule has 1 aromatic heterocycles. The first-order valence-electron chi connectivity index (χ1n) is 7.85. The summed E-state index contributed by atoms with van der Waals surface area (Å²) in [5.41, 5.74) is 5.79. The number of hydrogen-bond donors (Lipinski definition) is 2. The molecule has 0 bridgehead atoms. The Morgan fingerprint density at radius 2 is 2.14 bits per heavy atom. The van der Waals surface area contributed by atoms with Gasteiger partial charge in [-0.1, -0.05) is 13.8 Å². The van der Waals surface area contributed by atoms with Crippen LogP contribution in [-0.2, 0) is 4.79 Å². The number of rotatable bonds is 5. The van der Waals surface area contributed by atoms with Gasteiger partial charge in [0.1, 0.15) is 5.82 Å². The van der Waals surface area contributed by atoms with E-state index in [1.807, 2.05) is 24.6 Å². The molecule has 0 aliphatic carbocycles. The number of anilines is 1. The van der Waals surface area contributed by atoms with E-state index in [1.54, 1.807) is 6.20 Å². The first-order chi connectivity index (χ1) is 10.0. The lowest BCUT2D eigenvalue weighted by atomic mass is 10.0. The lowest BCUT2D eigenvalue weighted by Gasteiger charge is -2.32. The van der Waals surface area contributed by atoms with Gasteiger partial charge in [-0.25, -0.2) is 4.68 Å². The van der Waals surface area contributed by atoms with Crippen molar-refractivity contribution in [2.75, 3.05) is 25.0 Å². The average Bonchev–Trinajstić information content (AvgIpc) is 2.94. The van der Waals surface area contributed by atoms with Crippen molar-refractivity contribution in [2.24, 2.45) is 11.7 Å². The van der Waals surface area contributed by atoms with Gasteiger partial charge in [0.25, 0.3) is 0 Å². The van der Waals surface area contributed by atoms with Crippen molar-refractivity contribution in [2.45, 2.75) is 45.7 Å². The molecule has 0 aromatic carbocycles. The predicted octanol–water partition coefficient (Wildman–Crippen LogP) is 1.46. The van der Waals surface area contributed by atoms with Gasteiger partial charge in [-0.05, 0) is 26.3 Å². The molecule has 2 unspecified atom stereocenters. The lowest BCUT2D eigenvalue weighted by Crippen LogP contribution is -2.36. The molecule has 2 atom stereocenters. The van der Waals surface area contributed by atoms with Crippen molar-refractivity contribution in [1.82, 2.24) is 14.7 Å². The molecule has 1 amide bonds. The van der Waals surface area contributed by atoms with Gasteiger partial charge in [0.2, 0.25) is 5.91 Å². The van der Waals surface area contributed by atoms with Crippen LogP contribution in [0.2, 0.25) is 0 Å². The van der Waals surface area contributed by atoms with Gasteiger partial charge >= 0.3 is 0 Å². The van der Waals surface area contributed by atoms with Crippen LogP contribution in [0.1, 0.15) is 39.7 Å². The summed E-state index contributed by atoms with van der Waals surface area (Å²) in [4.78, 5) is 14.6. The highest BCUT2D eigenvalue weighted by molar-refractivity contribution is 5.91. The predicted molar refractivity (Wildman–Crippen MR) is 84.1 cm³/mol. The summed E-state index contributed by atoms with van der Waals surface area (Å²) >= 11 is 0. The Morgan fingerprint density at radius 1 is 1.48 bits per heavy atom. The van der Waals surface area contributed by atoms with E-state index in [4.69, 9.17) is 5.73 Å². The van der Waals surface area contributed by atoms with Gasteiger partial charge in [0.05, 0.1) is 18.2 Å². The third-order valence-electron chi connectivity index (χ3n) is 4.47. The fraction of sp³-hybridized carbons (Fsp3) is 0.733. The highest BCUT2D eigenvalue weighted by atomic mass is 16.2. The molecule has 1 fully saturated rings. The Bertz CT molecular complexity index is 462. The van der Waals surface area contributed by atoms with Gasteiger partial charge < -0.3 is 16.0 Å². The van der Waals surface area contributed by atoms with Crippen molar-refractivity contribution in [3.05, 3.63) is 12.3 Å². The zero-order valence-electron chi connectivity index (χ0n) is 13.2. The third kappa shape index (κ3) is 3.83. The normalized spacial score (nSPS) is 20.2. The third-order valence-corrected chi connectivity index (χ3v) is 4.47. The molecular weight excluding hydrogens is 266 g/mol. The second kappa shape index (κ2) is 7.04. The zero-order valence-corrected chi connectivity index (χ0v) is 13.2. The highest BCUT2D eigenvalue weighted by Crippen LogP contribution is 2.25. The van der Waals surface area contributed by atoms with Crippen LogP contribution in [0, 0.1) is 5.92 Å². The van der Waals surface area contributed by atoms with Gasteiger partial charge in [-0.2, -0.15) is 5.10 Å². The van der Waals surface area contributed by atoms with E-state index in [9.17, 15) is 4.79 Å². The van der Waals surface area contributed by atoms with Crippen LogP contribution in [0.15, 0.2) is 12.3 Å². The molecule has 1 saturated heterocycles. The number of hydrogen-bond acceptors (Lipinski definition) is 4. The molecule has 2 heterocycles. The van der Waals surface area contributed by atoms with E-state index in [0.29, 0.717) is 6.04 Å². The maximum atomic E-state index is 12.1. The fourth-order valence-corrected chi connectivity index (χ4v) is 2.66. The SMILES string of the molecule is CCN1CCC(n2nccc2NC(=O)C(C)C(C)N)CC1. The van der Waals surface area contributed by atoms with E-state index >= 15 is 0 Å². The topological polar surface area (TPSA) is 76.2 Å². The Balaban J connectivity index is 2.01. The minimum atomic E-state index is -0.213. The number of carbonyl (C=O) groups excluding carboxylic acids is 1. The second-order valence-corrected chi connectivity index (χ2v) is 5.96. The molecule has 1 aliphatic heterocycles. The monoisotopic (exact) mass is 293 g/mol. The summed E-state index contributed by atoms with van der Waals surface area (Å²) < 4.78 is 1.96. The van der Waals surface area contributed by atoms with Gasteiger partial charge in [0.15, 0.2) is 0 Å². The molecule has 1 aliphatic rings. The molecule has 0 spiro atoms. The molecule has 118 valence electrons. The van der Waals surface area contributed by atoms with Crippen LogP contribution >= 0.6 is 0 Å². The molecule has 6 nitrogen and oxygen atoms in total. The summed E-state index contributed by atoms with van der Waals surface area (Å²) in [6.45, 7) is 9.16. The number of nitrogens with two attached hydrogens (primary N) is 1. The number of aromatic nitrogens is 2.